The Morgan fingerprint density at radius 3 is 3.00 bits per heavy atom. The molecule has 1 atom stereocenters. The summed E-state index contributed by atoms with van der Waals surface area (Å²) in [5, 5.41) is 9.86. The first kappa shape index (κ1) is 14.9. The Labute approximate surface area is 120 Å². The van der Waals surface area contributed by atoms with E-state index in [0.29, 0.717) is 12.4 Å². The van der Waals surface area contributed by atoms with Crippen LogP contribution in [0.4, 0.5) is 0 Å². The third-order valence-corrected chi connectivity index (χ3v) is 4.60. The van der Waals surface area contributed by atoms with E-state index in [0.717, 1.165) is 19.4 Å². The van der Waals surface area contributed by atoms with Crippen LogP contribution in [0.15, 0.2) is 23.1 Å². The lowest BCUT2D eigenvalue weighted by Gasteiger charge is -2.11. The van der Waals surface area contributed by atoms with Crippen molar-refractivity contribution in [2.75, 3.05) is 19.0 Å². The number of fused-ring (bicyclic) bond motifs is 1. The lowest BCUT2D eigenvalue weighted by Crippen LogP contribution is -2.18. The van der Waals surface area contributed by atoms with Gasteiger partial charge in [0.05, 0.1) is 12.7 Å². The summed E-state index contributed by atoms with van der Waals surface area (Å²) in [6.45, 7) is 3.36. The Balaban J connectivity index is 1.70. The minimum absolute atomic E-state index is 0.366. The SMILES string of the molecule is CCCCOCC(O)CSc1ccc2c(c1)CCC2. The van der Waals surface area contributed by atoms with Crippen LogP contribution >= 0.6 is 11.8 Å². The standard InChI is InChI=1S/C16H24O2S/c1-2-3-9-18-11-15(17)12-19-16-8-7-13-5-4-6-14(13)10-16/h7-8,10,15,17H,2-6,9,11-12H2,1H3. The predicted octanol–water partition coefficient (Wildman–Crippen LogP) is 3.45. The molecule has 1 N–H and O–H groups in total. The molecule has 1 aromatic rings. The lowest BCUT2D eigenvalue weighted by molar-refractivity contribution is 0.0473. The van der Waals surface area contributed by atoms with Crippen molar-refractivity contribution in [3.8, 4) is 0 Å². The fourth-order valence-electron chi connectivity index (χ4n) is 2.34. The van der Waals surface area contributed by atoms with Gasteiger partial charge in [-0.05, 0) is 48.9 Å². The number of benzene rings is 1. The maximum atomic E-state index is 9.86. The largest absolute Gasteiger partial charge is 0.390 e. The fraction of sp³-hybridized carbons (Fsp3) is 0.625. The summed E-state index contributed by atoms with van der Waals surface area (Å²) in [6, 6.07) is 6.71. The molecule has 0 saturated carbocycles. The first-order chi connectivity index (χ1) is 9.29. The topological polar surface area (TPSA) is 29.5 Å². The van der Waals surface area contributed by atoms with Crippen molar-refractivity contribution < 1.29 is 9.84 Å². The van der Waals surface area contributed by atoms with E-state index < -0.39 is 0 Å². The van der Waals surface area contributed by atoms with Gasteiger partial charge < -0.3 is 9.84 Å². The maximum Gasteiger partial charge on any atom is 0.0867 e. The second kappa shape index (κ2) is 7.93. The molecule has 0 aromatic heterocycles. The molecule has 0 bridgehead atoms. The molecule has 0 heterocycles. The van der Waals surface area contributed by atoms with Gasteiger partial charge in [-0.3, -0.25) is 0 Å². The molecular formula is C16H24O2S. The van der Waals surface area contributed by atoms with E-state index in [-0.39, 0.29) is 6.10 Å². The Hall–Kier alpha value is -0.510. The zero-order valence-corrected chi connectivity index (χ0v) is 12.5. The van der Waals surface area contributed by atoms with Crippen LogP contribution in [-0.2, 0) is 17.6 Å². The normalized spacial score (nSPS) is 15.5. The second-order valence-corrected chi connectivity index (χ2v) is 6.27. The number of thioether (sulfide) groups is 1. The number of hydrogen-bond acceptors (Lipinski definition) is 3. The van der Waals surface area contributed by atoms with E-state index >= 15 is 0 Å². The van der Waals surface area contributed by atoms with Gasteiger partial charge in [0.15, 0.2) is 0 Å². The van der Waals surface area contributed by atoms with Gasteiger partial charge in [-0.2, -0.15) is 0 Å². The van der Waals surface area contributed by atoms with E-state index in [1.54, 1.807) is 11.8 Å². The molecule has 106 valence electrons. The predicted molar refractivity (Wildman–Crippen MR) is 80.9 cm³/mol. The molecule has 0 amide bonds. The van der Waals surface area contributed by atoms with E-state index in [4.69, 9.17) is 4.74 Å². The van der Waals surface area contributed by atoms with Crippen LogP contribution in [0.1, 0.15) is 37.3 Å². The molecule has 0 aliphatic heterocycles. The third-order valence-electron chi connectivity index (χ3n) is 3.46. The van der Waals surface area contributed by atoms with Gasteiger partial charge in [0.2, 0.25) is 0 Å². The highest BCUT2D eigenvalue weighted by Crippen LogP contribution is 2.27. The number of aryl methyl sites for hydroxylation is 2. The number of unbranched alkanes of at least 4 members (excludes halogenated alkanes) is 1. The van der Waals surface area contributed by atoms with Gasteiger partial charge >= 0.3 is 0 Å². The van der Waals surface area contributed by atoms with E-state index in [9.17, 15) is 5.11 Å². The quantitative estimate of drug-likeness (QED) is 0.584. The number of aliphatic hydroxyl groups is 1. The van der Waals surface area contributed by atoms with Crippen LogP contribution in [-0.4, -0.2) is 30.2 Å². The first-order valence-electron chi connectivity index (χ1n) is 7.30. The second-order valence-electron chi connectivity index (χ2n) is 5.18. The number of hydrogen-bond donors (Lipinski definition) is 1. The summed E-state index contributed by atoms with van der Waals surface area (Å²) in [6.07, 6.45) is 5.58. The molecule has 1 aliphatic rings. The van der Waals surface area contributed by atoms with E-state index in [2.05, 4.69) is 25.1 Å². The van der Waals surface area contributed by atoms with E-state index in [1.807, 2.05) is 0 Å². The van der Waals surface area contributed by atoms with Crippen LogP contribution in [0.2, 0.25) is 0 Å². The zero-order valence-electron chi connectivity index (χ0n) is 11.7. The molecule has 0 radical (unpaired) electrons. The van der Waals surface area contributed by atoms with Crippen molar-refractivity contribution >= 4 is 11.8 Å². The van der Waals surface area contributed by atoms with Crippen LogP contribution in [0, 0.1) is 0 Å². The molecule has 1 aliphatic carbocycles. The Morgan fingerprint density at radius 1 is 1.32 bits per heavy atom. The molecule has 3 heteroatoms. The van der Waals surface area contributed by atoms with Crippen molar-refractivity contribution in [2.24, 2.45) is 0 Å². The van der Waals surface area contributed by atoms with Crippen molar-refractivity contribution in [1.29, 1.82) is 0 Å². The molecule has 0 saturated heterocycles. The Kier molecular flexibility index (Phi) is 6.21. The Bertz CT molecular complexity index is 392. The summed E-state index contributed by atoms with van der Waals surface area (Å²) in [5.41, 5.74) is 3.01. The molecule has 2 nitrogen and oxygen atoms in total. The maximum absolute atomic E-state index is 9.86. The molecule has 1 unspecified atom stereocenters. The lowest BCUT2D eigenvalue weighted by atomic mass is 10.1. The van der Waals surface area contributed by atoms with Crippen LogP contribution in [0.25, 0.3) is 0 Å². The van der Waals surface area contributed by atoms with Crippen molar-refractivity contribution in [3.63, 3.8) is 0 Å². The Morgan fingerprint density at radius 2 is 2.16 bits per heavy atom. The minimum Gasteiger partial charge on any atom is -0.390 e. The number of rotatable bonds is 8. The first-order valence-corrected chi connectivity index (χ1v) is 8.28. The van der Waals surface area contributed by atoms with Crippen molar-refractivity contribution in [1.82, 2.24) is 0 Å². The third kappa shape index (κ3) is 4.83. The summed E-state index contributed by atoms with van der Waals surface area (Å²) in [4.78, 5) is 1.27. The number of aliphatic hydroxyl groups excluding tert-OH is 1. The average molecular weight is 280 g/mol. The summed E-state index contributed by atoms with van der Waals surface area (Å²) in [7, 11) is 0. The van der Waals surface area contributed by atoms with Gasteiger partial charge in [-0.25, -0.2) is 0 Å². The van der Waals surface area contributed by atoms with Gasteiger partial charge in [0.1, 0.15) is 0 Å². The van der Waals surface area contributed by atoms with E-state index in [1.165, 1.54) is 35.3 Å². The minimum atomic E-state index is -0.366. The van der Waals surface area contributed by atoms with Gasteiger partial charge in [-0.15, -0.1) is 11.8 Å². The fourth-order valence-corrected chi connectivity index (χ4v) is 3.22. The molecule has 1 aromatic carbocycles. The highest BCUT2D eigenvalue weighted by atomic mass is 32.2. The van der Waals surface area contributed by atoms with Crippen LogP contribution in [0.5, 0.6) is 0 Å². The molecule has 0 fully saturated rings. The molecule has 19 heavy (non-hydrogen) atoms. The summed E-state index contributed by atoms with van der Waals surface area (Å²) >= 11 is 1.73. The summed E-state index contributed by atoms with van der Waals surface area (Å²) < 4.78 is 5.43. The zero-order chi connectivity index (χ0) is 13.5. The smallest absolute Gasteiger partial charge is 0.0867 e. The van der Waals surface area contributed by atoms with Crippen molar-refractivity contribution in [2.45, 2.75) is 50.0 Å². The van der Waals surface area contributed by atoms with Gasteiger partial charge in [0.25, 0.3) is 0 Å². The van der Waals surface area contributed by atoms with Gasteiger partial charge in [-0.1, -0.05) is 19.4 Å². The average Bonchev–Trinajstić information content (AvgIpc) is 2.89. The molecule has 0 spiro atoms. The monoisotopic (exact) mass is 280 g/mol. The van der Waals surface area contributed by atoms with Crippen molar-refractivity contribution in [3.05, 3.63) is 29.3 Å². The molecular weight excluding hydrogens is 256 g/mol. The van der Waals surface area contributed by atoms with Crippen LogP contribution in [0.3, 0.4) is 0 Å². The molecule has 2 rings (SSSR count). The van der Waals surface area contributed by atoms with Gasteiger partial charge in [0, 0.05) is 17.3 Å². The highest BCUT2D eigenvalue weighted by molar-refractivity contribution is 7.99. The highest BCUT2D eigenvalue weighted by Gasteiger charge is 2.12. The van der Waals surface area contributed by atoms with Crippen LogP contribution < -0.4 is 0 Å². The number of ether oxygens (including phenoxy) is 1. The summed E-state index contributed by atoms with van der Waals surface area (Å²) in [5.74, 6) is 0.713.